The second kappa shape index (κ2) is 9.65. The van der Waals surface area contributed by atoms with E-state index >= 15 is 0 Å². The Bertz CT molecular complexity index is 922. The lowest BCUT2D eigenvalue weighted by molar-refractivity contribution is -0.115. The van der Waals surface area contributed by atoms with Gasteiger partial charge in [0, 0.05) is 49.2 Å². The quantitative estimate of drug-likeness (QED) is 0.789. The summed E-state index contributed by atoms with van der Waals surface area (Å²) in [5, 5.41) is 11.2. The lowest BCUT2D eigenvalue weighted by Gasteiger charge is -2.36. The van der Waals surface area contributed by atoms with Crippen LogP contribution in [0.3, 0.4) is 0 Å². The Morgan fingerprint density at radius 2 is 1.60 bits per heavy atom. The van der Waals surface area contributed by atoms with Crippen molar-refractivity contribution in [3.05, 3.63) is 48.0 Å². The molecule has 8 nitrogen and oxygen atoms in total. The van der Waals surface area contributed by atoms with Crippen molar-refractivity contribution in [2.75, 3.05) is 50.6 Å². The van der Waals surface area contributed by atoms with E-state index in [0.717, 1.165) is 5.69 Å². The van der Waals surface area contributed by atoms with Crippen LogP contribution >= 0.6 is 0 Å². The Morgan fingerprint density at radius 1 is 1.00 bits per heavy atom. The van der Waals surface area contributed by atoms with E-state index in [9.17, 15) is 9.59 Å². The van der Waals surface area contributed by atoms with Crippen molar-refractivity contribution in [3.8, 4) is 17.6 Å². The van der Waals surface area contributed by atoms with E-state index in [1.807, 2.05) is 35.2 Å². The van der Waals surface area contributed by atoms with Gasteiger partial charge in [0.05, 0.1) is 20.3 Å². The van der Waals surface area contributed by atoms with Crippen molar-refractivity contribution in [2.45, 2.75) is 6.42 Å². The summed E-state index contributed by atoms with van der Waals surface area (Å²) in [7, 11) is 3.12. The van der Waals surface area contributed by atoms with Gasteiger partial charge in [-0.15, -0.1) is 0 Å². The van der Waals surface area contributed by atoms with Crippen LogP contribution in [0.4, 0.5) is 11.4 Å². The Kier molecular flexibility index (Phi) is 6.75. The summed E-state index contributed by atoms with van der Waals surface area (Å²) in [6.45, 7) is 2.60. The number of nitrogens with zero attached hydrogens (tertiary/aromatic N) is 3. The predicted octanol–water partition coefficient (Wildman–Crippen LogP) is 2.52. The summed E-state index contributed by atoms with van der Waals surface area (Å²) in [6.07, 6.45) is -0.170. The molecule has 8 heteroatoms. The molecule has 0 atom stereocenters. The standard InChI is InChI=1S/C22H24N4O4/c1-29-19-13-16(14-20(15-19)30-2)22(28)26-11-9-25(10-12-26)18-5-3-17(4-6-18)24-21(27)7-8-23/h3-6,13-15H,7,9-12H2,1-2H3,(H,24,27). The fourth-order valence-corrected chi connectivity index (χ4v) is 3.31. The lowest BCUT2D eigenvalue weighted by atomic mass is 10.1. The minimum absolute atomic E-state index is 0.0533. The van der Waals surface area contributed by atoms with Crippen LogP contribution in [-0.4, -0.2) is 57.1 Å². The first kappa shape index (κ1) is 21.0. The van der Waals surface area contributed by atoms with Crippen LogP contribution in [-0.2, 0) is 4.79 Å². The first-order chi connectivity index (χ1) is 14.5. The molecule has 1 aliphatic rings. The normalized spacial score (nSPS) is 13.4. The minimum atomic E-state index is -0.327. The van der Waals surface area contributed by atoms with Gasteiger partial charge in [-0.1, -0.05) is 0 Å². The predicted molar refractivity (Wildman–Crippen MR) is 113 cm³/mol. The summed E-state index contributed by atoms with van der Waals surface area (Å²) >= 11 is 0. The van der Waals surface area contributed by atoms with Crippen molar-refractivity contribution in [3.63, 3.8) is 0 Å². The highest BCUT2D eigenvalue weighted by atomic mass is 16.5. The van der Waals surface area contributed by atoms with Crippen molar-refractivity contribution in [2.24, 2.45) is 0 Å². The zero-order valence-corrected chi connectivity index (χ0v) is 17.1. The molecule has 0 spiro atoms. The zero-order valence-electron chi connectivity index (χ0n) is 17.1. The summed E-state index contributed by atoms with van der Waals surface area (Å²) < 4.78 is 10.5. The molecule has 1 fully saturated rings. The smallest absolute Gasteiger partial charge is 0.254 e. The van der Waals surface area contributed by atoms with Gasteiger partial charge in [0.25, 0.3) is 5.91 Å². The number of ether oxygens (including phenoxy) is 2. The first-order valence-electron chi connectivity index (χ1n) is 9.58. The number of hydrogen-bond acceptors (Lipinski definition) is 6. The fourth-order valence-electron chi connectivity index (χ4n) is 3.31. The van der Waals surface area contributed by atoms with Crippen molar-refractivity contribution in [1.82, 2.24) is 4.90 Å². The number of methoxy groups -OCH3 is 2. The van der Waals surface area contributed by atoms with Crippen LogP contribution in [0.5, 0.6) is 11.5 Å². The molecule has 0 radical (unpaired) electrons. The Morgan fingerprint density at radius 3 is 2.13 bits per heavy atom. The topological polar surface area (TPSA) is 94.9 Å². The second-order valence-corrected chi connectivity index (χ2v) is 6.81. The molecule has 1 saturated heterocycles. The third-order valence-electron chi connectivity index (χ3n) is 4.92. The van der Waals surface area contributed by atoms with E-state index < -0.39 is 0 Å². The molecule has 3 rings (SSSR count). The van der Waals surface area contributed by atoms with Gasteiger partial charge in [0.1, 0.15) is 17.9 Å². The van der Waals surface area contributed by atoms with Gasteiger partial charge in [0.2, 0.25) is 5.91 Å². The molecule has 156 valence electrons. The molecular formula is C22H24N4O4. The fraction of sp³-hybridized carbons (Fsp3) is 0.318. The van der Waals surface area contributed by atoms with E-state index in [1.165, 1.54) is 0 Å². The van der Waals surface area contributed by atoms with Crippen LogP contribution in [0.2, 0.25) is 0 Å². The highest BCUT2D eigenvalue weighted by molar-refractivity contribution is 5.95. The third kappa shape index (κ3) is 5.00. The van der Waals surface area contributed by atoms with Gasteiger partial charge < -0.3 is 24.6 Å². The Labute approximate surface area is 175 Å². The number of piperazine rings is 1. The molecule has 0 saturated carbocycles. The van der Waals surface area contributed by atoms with Gasteiger partial charge in [-0.25, -0.2) is 0 Å². The zero-order chi connectivity index (χ0) is 21.5. The highest BCUT2D eigenvalue weighted by Crippen LogP contribution is 2.25. The van der Waals surface area contributed by atoms with E-state index in [2.05, 4.69) is 10.2 Å². The molecule has 0 aromatic heterocycles. The minimum Gasteiger partial charge on any atom is -0.497 e. The van der Waals surface area contributed by atoms with E-state index in [4.69, 9.17) is 14.7 Å². The molecule has 30 heavy (non-hydrogen) atoms. The number of nitriles is 1. The van der Waals surface area contributed by atoms with Gasteiger partial charge in [-0.2, -0.15) is 5.26 Å². The lowest BCUT2D eigenvalue weighted by Crippen LogP contribution is -2.48. The molecule has 1 aliphatic heterocycles. The molecule has 2 amide bonds. The summed E-state index contributed by atoms with van der Waals surface area (Å²) in [5.41, 5.74) is 2.21. The van der Waals surface area contributed by atoms with Gasteiger partial charge >= 0.3 is 0 Å². The van der Waals surface area contributed by atoms with E-state index in [0.29, 0.717) is 48.9 Å². The molecular weight excluding hydrogens is 384 g/mol. The number of nitrogens with one attached hydrogen (secondary N) is 1. The maximum absolute atomic E-state index is 12.9. The van der Waals surface area contributed by atoms with Crippen LogP contribution in [0, 0.1) is 11.3 Å². The number of rotatable bonds is 6. The number of carbonyl (C=O) groups is 2. The van der Waals surface area contributed by atoms with Crippen molar-refractivity contribution < 1.29 is 19.1 Å². The number of hydrogen-bond donors (Lipinski definition) is 1. The maximum Gasteiger partial charge on any atom is 0.254 e. The average molecular weight is 408 g/mol. The van der Waals surface area contributed by atoms with Crippen molar-refractivity contribution in [1.29, 1.82) is 5.26 Å². The molecule has 2 aromatic carbocycles. The summed E-state index contributed by atoms with van der Waals surface area (Å²) in [4.78, 5) is 28.4. The molecule has 1 N–H and O–H groups in total. The monoisotopic (exact) mass is 408 g/mol. The Hall–Kier alpha value is -3.73. The Balaban J connectivity index is 1.60. The molecule has 0 bridgehead atoms. The highest BCUT2D eigenvalue weighted by Gasteiger charge is 2.23. The molecule has 2 aromatic rings. The van der Waals surface area contributed by atoms with Crippen LogP contribution in [0.25, 0.3) is 0 Å². The van der Waals surface area contributed by atoms with Gasteiger partial charge in [-0.3, -0.25) is 9.59 Å². The third-order valence-corrected chi connectivity index (χ3v) is 4.92. The van der Waals surface area contributed by atoms with Crippen LogP contribution < -0.4 is 19.7 Å². The van der Waals surface area contributed by atoms with Crippen LogP contribution in [0.15, 0.2) is 42.5 Å². The molecule has 0 unspecified atom stereocenters. The number of amides is 2. The summed E-state index contributed by atoms with van der Waals surface area (Å²) in [6, 6.07) is 14.5. The number of benzene rings is 2. The molecule has 1 heterocycles. The molecule has 0 aliphatic carbocycles. The van der Waals surface area contributed by atoms with E-state index in [-0.39, 0.29) is 18.2 Å². The number of anilines is 2. The first-order valence-corrected chi connectivity index (χ1v) is 9.58. The van der Waals surface area contributed by atoms with Crippen LogP contribution in [0.1, 0.15) is 16.8 Å². The van der Waals surface area contributed by atoms with E-state index in [1.54, 1.807) is 32.4 Å². The second-order valence-electron chi connectivity index (χ2n) is 6.81. The number of carbonyl (C=O) groups excluding carboxylic acids is 2. The van der Waals surface area contributed by atoms with Gasteiger partial charge in [-0.05, 0) is 36.4 Å². The SMILES string of the molecule is COc1cc(OC)cc(C(=O)N2CCN(c3ccc(NC(=O)CC#N)cc3)CC2)c1. The largest absolute Gasteiger partial charge is 0.497 e. The van der Waals surface area contributed by atoms with Crippen molar-refractivity contribution >= 4 is 23.2 Å². The van der Waals surface area contributed by atoms with Gasteiger partial charge in [0.15, 0.2) is 0 Å². The summed E-state index contributed by atoms with van der Waals surface area (Å²) in [5.74, 6) is 0.783. The maximum atomic E-state index is 12.9. The average Bonchev–Trinajstić information content (AvgIpc) is 2.79.